The van der Waals surface area contributed by atoms with Crippen LogP contribution in [0.2, 0.25) is 0 Å². The molecule has 0 amide bonds. The first-order chi connectivity index (χ1) is 23.8. The summed E-state index contributed by atoms with van der Waals surface area (Å²) in [7, 11) is 0. The van der Waals surface area contributed by atoms with Crippen LogP contribution in [0.3, 0.4) is 0 Å². The van der Waals surface area contributed by atoms with Crippen molar-refractivity contribution < 1.29 is 0 Å². The average molecular weight is 636 g/mol. The van der Waals surface area contributed by atoms with Gasteiger partial charge in [-0.2, -0.15) is 0 Å². The number of hydrogen-bond acceptors (Lipinski definition) is 2. The van der Waals surface area contributed by atoms with Gasteiger partial charge < -0.3 is 4.90 Å². The van der Waals surface area contributed by atoms with Crippen molar-refractivity contribution in [2.45, 2.75) is 37.5 Å². The standard InChI is InChI=1S/C46H37NS/c1-2-9-31(10-3-1)32-17-19-35(20-18-32)47(43-15-8-13-39-38-12-5-7-16-44(38)48-45(39)43)36-21-22-42-40(28-36)37-11-4-6-14-41(37)46(42)33-24-29-23-30(26-33)27-34(46)25-29/h1-22,28-30,33-34H,23-27H2. The first-order valence-electron chi connectivity index (χ1n) is 17.9. The van der Waals surface area contributed by atoms with Gasteiger partial charge in [0.2, 0.25) is 0 Å². The number of nitrogens with zero attached hydrogens (tertiary/aromatic N) is 1. The molecule has 0 radical (unpaired) electrons. The minimum atomic E-state index is 0.186. The third-order valence-corrected chi connectivity index (χ3v) is 13.9. The highest BCUT2D eigenvalue weighted by atomic mass is 32.1. The summed E-state index contributed by atoms with van der Waals surface area (Å²) in [6, 6.07) is 52.7. The predicted molar refractivity (Wildman–Crippen MR) is 203 cm³/mol. The monoisotopic (exact) mass is 635 g/mol. The Morgan fingerprint density at radius 3 is 1.96 bits per heavy atom. The van der Waals surface area contributed by atoms with Crippen molar-refractivity contribution in [1.29, 1.82) is 0 Å². The molecule has 6 aromatic carbocycles. The fourth-order valence-electron chi connectivity index (χ4n) is 11.1. The molecule has 1 aromatic heterocycles. The van der Waals surface area contributed by atoms with Gasteiger partial charge in [-0.1, -0.05) is 103 Å². The van der Waals surface area contributed by atoms with E-state index in [0.29, 0.717) is 0 Å². The Bertz CT molecular complexity index is 2340. The Morgan fingerprint density at radius 1 is 0.500 bits per heavy atom. The summed E-state index contributed by atoms with van der Waals surface area (Å²) in [6.45, 7) is 0. The molecule has 1 spiro atoms. The molecule has 0 aliphatic heterocycles. The molecule has 1 nitrogen and oxygen atoms in total. The molecular weight excluding hydrogens is 599 g/mol. The summed E-state index contributed by atoms with van der Waals surface area (Å²) in [5, 5.41) is 2.67. The van der Waals surface area contributed by atoms with Gasteiger partial charge >= 0.3 is 0 Å². The molecule has 5 aliphatic carbocycles. The number of fused-ring (bicyclic) bond motifs is 6. The molecule has 0 saturated heterocycles. The summed E-state index contributed by atoms with van der Waals surface area (Å²) in [6.07, 6.45) is 7.14. The van der Waals surface area contributed by atoms with Crippen molar-refractivity contribution in [1.82, 2.24) is 0 Å². The maximum absolute atomic E-state index is 2.56. The molecule has 4 fully saturated rings. The van der Waals surface area contributed by atoms with Crippen molar-refractivity contribution in [2.75, 3.05) is 4.90 Å². The Labute approximate surface area is 286 Å². The molecule has 232 valence electrons. The Kier molecular flexibility index (Phi) is 5.79. The summed E-state index contributed by atoms with van der Waals surface area (Å²) in [5.74, 6) is 3.45. The second-order valence-electron chi connectivity index (χ2n) is 14.9. The van der Waals surface area contributed by atoms with Crippen molar-refractivity contribution in [3.63, 3.8) is 0 Å². The molecule has 0 atom stereocenters. The molecule has 4 bridgehead atoms. The van der Waals surface area contributed by atoms with Gasteiger partial charge in [0.15, 0.2) is 0 Å². The minimum absolute atomic E-state index is 0.186. The second-order valence-corrected chi connectivity index (χ2v) is 16.0. The van der Waals surface area contributed by atoms with Crippen LogP contribution >= 0.6 is 11.3 Å². The van der Waals surface area contributed by atoms with Crippen LogP contribution in [-0.4, -0.2) is 0 Å². The zero-order valence-electron chi connectivity index (χ0n) is 27.0. The van der Waals surface area contributed by atoms with Crippen molar-refractivity contribution >= 4 is 48.6 Å². The fraction of sp³-hybridized carbons (Fsp3) is 0.217. The molecule has 2 heteroatoms. The van der Waals surface area contributed by atoms with Crippen LogP contribution in [-0.2, 0) is 5.41 Å². The van der Waals surface area contributed by atoms with Gasteiger partial charge in [-0.25, -0.2) is 0 Å². The third kappa shape index (κ3) is 3.73. The van der Waals surface area contributed by atoms with Gasteiger partial charge in [-0.15, -0.1) is 11.3 Å². The van der Waals surface area contributed by atoms with Crippen LogP contribution in [0, 0.1) is 23.7 Å². The predicted octanol–water partition coefficient (Wildman–Crippen LogP) is 12.9. The zero-order valence-corrected chi connectivity index (χ0v) is 27.8. The van der Waals surface area contributed by atoms with Crippen molar-refractivity contribution in [3.8, 4) is 22.3 Å². The average Bonchev–Trinajstić information content (AvgIpc) is 3.66. The lowest BCUT2D eigenvalue weighted by Crippen LogP contribution is -2.55. The Morgan fingerprint density at radius 2 is 1.15 bits per heavy atom. The SMILES string of the molecule is c1ccc(-c2ccc(N(c3ccc4c(c3)-c3ccccc3C43C4CC5CC(C4)CC3C5)c3cccc4c3sc3ccccc34)cc2)cc1. The van der Waals surface area contributed by atoms with Crippen LogP contribution in [0.4, 0.5) is 17.1 Å². The highest BCUT2D eigenvalue weighted by Gasteiger charge is 2.61. The van der Waals surface area contributed by atoms with E-state index in [4.69, 9.17) is 0 Å². The number of benzene rings is 6. The molecule has 7 aromatic rings. The van der Waals surface area contributed by atoms with Crippen LogP contribution in [0.15, 0.2) is 140 Å². The summed E-state index contributed by atoms with van der Waals surface area (Å²) < 4.78 is 2.68. The molecular formula is C46H37NS. The van der Waals surface area contributed by atoms with E-state index < -0.39 is 0 Å². The normalized spacial score (nSPS) is 24.8. The van der Waals surface area contributed by atoms with E-state index in [9.17, 15) is 0 Å². The summed E-state index contributed by atoms with van der Waals surface area (Å²) >= 11 is 1.91. The van der Waals surface area contributed by atoms with Crippen LogP contribution in [0.25, 0.3) is 42.4 Å². The number of anilines is 3. The largest absolute Gasteiger partial charge is 0.309 e. The molecule has 4 saturated carbocycles. The minimum Gasteiger partial charge on any atom is -0.309 e. The first-order valence-corrected chi connectivity index (χ1v) is 18.7. The van der Waals surface area contributed by atoms with E-state index in [1.54, 1.807) is 11.1 Å². The highest BCUT2D eigenvalue weighted by molar-refractivity contribution is 7.26. The lowest BCUT2D eigenvalue weighted by atomic mass is 9.43. The Balaban J connectivity index is 1.12. The first kappa shape index (κ1) is 27.3. The molecule has 1 heterocycles. The fourth-order valence-corrected chi connectivity index (χ4v) is 12.3. The summed E-state index contributed by atoms with van der Waals surface area (Å²) in [5.41, 5.74) is 12.5. The molecule has 0 unspecified atom stereocenters. The number of rotatable bonds is 4. The van der Waals surface area contributed by atoms with Gasteiger partial charge in [-0.05, 0) is 126 Å². The van der Waals surface area contributed by atoms with Gasteiger partial charge in [0.1, 0.15) is 0 Å². The van der Waals surface area contributed by atoms with Crippen molar-refractivity contribution in [2.24, 2.45) is 23.7 Å². The van der Waals surface area contributed by atoms with Crippen LogP contribution in [0.5, 0.6) is 0 Å². The topological polar surface area (TPSA) is 3.24 Å². The van der Waals surface area contributed by atoms with Gasteiger partial charge in [0.05, 0.1) is 10.4 Å². The maximum Gasteiger partial charge on any atom is 0.0640 e. The molecule has 5 aliphatic rings. The van der Waals surface area contributed by atoms with Crippen LogP contribution in [0.1, 0.15) is 43.2 Å². The highest BCUT2D eigenvalue weighted by Crippen LogP contribution is 2.69. The van der Waals surface area contributed by atoms with E-state index in [-0.39, 0.29) is 5.41 Å². The lowest BCUT2D eigenvalue weighted by molar-refractivity contribution is -0.0399. The quantitative estimate of drug-likeness (QED) is 0.186. The molecule has 12 rings (SSSR count). The Hall–Kier alpha value is -4.66. The lowest BCUT2D eigenvalue weighted by Gasteiger charge is -2.61. The van der Waals surface area contributed by atoms with Crippen LogP contribution < -0.4 is 4.90 Å². The summed E-state index contributed by atoms with van der Waals surface area (Å²) in [4.78, 5) is 2.53. The maximum atomic E-state index is 2.56. The van der Waals surface area contributed by atoms with E-state index in [0.717, 1.165) is 23.7 Å². The van der Waals surface area contributed by atoms with E-state index in [2.05, 4.69) is 144 Å². The van der Waals surface area contributed by atoms with Gasteiger partial charge in [-0.3, -0.25) is 0 Å². The van der Waals surface area contributed by atoms with E-state index >= 15 is 0 Å². The van der Waals surface area contributed by atoms with Gasteiger partial charge in [0.25, 0.3) is 0 Å². The number of hydrogen-bond donors (Lipinski definition) is 0. The van der Waals surface area contributed by atoms with E-state index in [1.807, 2.05) is 11.3 Å². The zero-order chi connectivity index (χ0) is 31.4. The number of thiophene rings is 1. The van der Waals surface area contributed by atoms with Crippen molar-refractivity contribution in [3.05, 3.63) is 151 Å². The smallest absolute Gasteiger partial charge is 0.0640 e. The third-order valence-electron chi connectivity index (χ3n) is 12.7. The second kappa shape index (κ2) is 10.2. The van der Waals surface area contributed by atoms with Gasteiger partial charge in [0, 0.05) is 32.3 Å². The van der Waals surface area contributed by atoms with E-state index in [1.165, 1.54) is 91.6 Å². The molecule has 0 N–H and O–H groups in total. The molecule has 48 heavy (non-hydrogen) atoms.